The van der Waals surface area contributed by atoms with E-state index in [0.29, 0.717) is 16.1 Å². The van der Waals surface area contributed by atoms with E-state index in [-0.39, 0.29) is 17.6 Å². The van der Waals surface area contributed by atoms with Gasteiger partial charge in [-0.25, -0.2) is 0 Å². The molecule has 1 aromatic carbocycles. The van der Waals surface area contributed by atoms with E-state index in [1.807, 2.05) is 12.1 Å². The second-order valence-corrected chi connectivity index (χ2v) is 6.52. The molecular weight excluding hydrogens is 269 g/mol. The van der Waals surface area contributed by atoms with Gasteiger partial charge >= 0.3 is 0 Å². The van der Waals surface area contributed by atoms with Crippen LogP contribution in [0.15, 0.2) is 18.2 Å². The number of nitrogens with one attached hydrogen (secondary N) is 1. The highest BCUT2D eigenvalue weighted by molar-refractivity contribution is 6.35. The lowest BCUT2D eigenvalue weighted by Crippen LogP contribution is -2.60. The van der Waals surface area contributed by atoms with Gasteiger partial charge in [-0.2, -0.15) is 0 Å². The smallest absolute Gasteiger partial charge is 0.0621 e. The molecule has 0 aromatic heterocycles. The highest BCUT2D eigenvalue weighted by atomic mass is 35.5. The van der Waals surface area contributed by atoms with Gasteiger partial charge in [-0.3, -0.25) is 0 Å². The lowest BCUT2D eigenvalue weighted by Gasteiger charge is -2.50. The molecule has 2 nitrogen and oxygen atoms in total. The topological polar surface area (TPSA) is 32.3 Å². The summed E-state index contributed by atoms with van der Waals surface area (Å²) in [5.74, 6) is 0. The van der Waals surface area contributed by atoms with Crippen molar-refractivity contribution in [2.45, 2.75) is 45.4 Å². The quantitative estimate of drug-likeness (QED) is 0.886. The second-order valence-electron chi connectivity index (χ2n) is 5.68. The van der Waals surface area contributed by atoms with E-state index in [1.165, 1.54) is 0 Å². The van der Waals surface area contributed by atoms with Gasteiger partial charge in [0.1, 0.15) is 0 Å². The van der Waals surface area contributed by atoms with Crippen LogP contribution in [-0.2, 0) is 0 Å². The molecule has 0 amide bonds. The van der Waals surface area contributed by atoms with Gasteiger partial charge in [-0.15, -0.1) is 0 Å². The van der Waals surface area contributed by atoms with Crippen molar-refractivity contribution in [2.75, 3.05) is 0 Å². The third-order valence-electron chi connectivity index (χ3n) is 4.10. The van der Waals surface area contributed by atoms with Crippen LogP contribution >= 0.6 is 23.2 Å². The van der Waals surface area contributed by atoms with E-state index in [1.54, 1.807) is 6.07 Å². The summed E-state index contributed by atoms with van der Waals surface area (Å²) < 4.78 is 0. The molecular formula is C14H19Cl2NO. The number of hydrogen-bond donors (Lipinski definition) is 2. The second kappa shape index (κ2) is 5.01. The van der Waals surface area contributed by atoms with E-state index in [9.17, 15) is 5.11 Å². The summed E-state index contributed by atoms with van der Waals surface area (Å²) in [6.45, 7) is 6.24. The largest absolute Gasteiger partial charge is 0.392 e. The minimum absolute atomic E-state index is 0.0762. The number of hydrogen-bond acceptors (Lipinski definition) is 2. The third-order valence-corrected chi connectivity index (χ3v) is 4.66. The molecule has 1 fully saturated rings. The molecule has 0 bridgehead atoms. The van der Waals surface area contributed by atoms with Crippen LogP contribution in [0.5, 0.6) is 0 Å². The highest BCUT2D eigenvalue weighted by Gasteiger charge is 2.47. The van der Waals surface area contributed by atoms with Crippen LogP contribution in [0.3, 0.4) is 0 Å². The molecule has 0 saturated heterocycles. The number of halogens is 2. The Morgan fingerprint density at radius 2 is 2.06 bits per heavy atom. The minimum atomic E-state index is -0.220. The fourth-order valence-electron chi connectivity index (χ4n) is 2.43. The van der Waals surface area contributed by atoms with Gasteiger partial charge in [-0.05, 0) is 31.0 Å². The molecule has 3 atom stereocenters. The van der Waals surface area contributed by atoms with Crippen LogP contribution in [0.4, 0.5) is 0 Å². The van der Waals surface area contributed by atoms with E-state index in [0.717, 1.165) is 12.0 Å². The van der Waals surface area contributed by atoms with Crippen molar-refractivity contribution in [3.05, 3.63) is 33.8 Å². The summed E-state index contributed by atoms with van der Waals surface area (Å²) in [6.07, 6.45) is 0.575. The van der Waals surface area contributed by atoms with Gasteiger partial charge < -0.3 is 10.4 Å². The van der Waals surface area contributed by atoms with Crippen LogP contribution in [-0.4, -0.2) is 17.3 Å². The van der Waals surface area contributed by atoms with Crippen molar-refractivity contribution < 1.29 is 5.11 Å². The zero-order valence-electron chi connectivity index (χ0n) is 10.9. The summed E-state index contributed by atoms with van der Waals surface area (Å²) >= 11 is 12.1. The molecule has 0 aliphatic heterocycles. The van der Waals surface area contributed by atoms with Crippen LogP contribution in [0.25, 0.3) is 0 Å². The van der Waals surface area contributed by atoms with E-state index in [4.69, 9.17) is 23.2 Å². The zero-order valence-corrected chi connectivity index (χ0v) is 12.4. The molecule has 100 valence electrons. The number of aliphatic hydroxyl groups is 1. The normalized spacial score (nSPS) is 27.7. The molecule has 1 saturated carbocycles. The molecule has 1 aliphatic carbocycles. The van der Waals surface area contributed by atoms with Gasteiger partial charge in [0.05, 0.1) is 6.10 Å². The Balaban J connectivity index is 2.07. The molecule has 0 heterocycles. The van der Waals surface area contributed by atoms with Crippen molar-refractivity contribution in [2.24, 2.45) is 5.41 Å². The Kier molecular flexibility index (Phi) is 3.93. The van der Waals surface area contributed by atoms with Crippen LogP contribution in [0, 0.1) is 5.41 Å². The summed E-state index contributed by atoms with van der Waals surface area (Å²) in [6, 6.07) is 6.02. The maximum absolute atomic E-state index is 9.74. The molecule has 1 aliphatic rings. The Hall–Kier alpha value is -0.280. The first kappa shape index (κ1) is 14.1. The van der Waals surface area contributed by atoms with Crippen molar-refractivity contribution in [1.29, 1.82) is 0 Å². The average Bonchev–Trinajstić information content (AvgIpc) is 2.28. The monoisotopic (exact) mass is 287 g/mol. The molecule has 0 radical (unpaired) electrons. The summed E-state index contributed by atoms with van der Waals surface area (Å²) in [4.78, 5) is 0. The Morgan fingerprint density at radius 1 is 1.39 bits per heavy atom. The summed E-state index contributed by atoms with van der Waals surface area (Å²) in [5.41, 5.74) is 0.964. The molecule has 0 spiro atoms. The fourth-order valence-corrected chi connectivity index (χ4v) is 3.00. The first-order chi connectivity index (χ1) is 8.32. The first-order valence-corrected chi connectivity index (χ1v) is 6.97. The van der Waals surface area contributed by atoms with E-state index >= 15 is 0 Å². The fraction of sp³-hybridized carbons (Fsp3) is 0.571. The summed E-state index contributed by atoms with van der Waals surface area (Å²) in [7, 11) is 0. The first-order valence-electron chi connectivity index (χ1n) is 6.21. The van der Waals surface area contributed by atoms with Gasteiger partial charge in [0.15, 0.2) is 0 Å². The maximum Gasteiger partial charge on any atom is 0.0621 e. The summed E-state index contributed by atoms with van der Waals surface area (Å²) in [5, 5.41) is 14.6. The SMILES string of the molecule is CC(NC1CC(O)C1(C)C)c1ccc(Cl)cc1Cl. The van der Waals surface area contributed by atoms with Crippen LogP contribution < -0.4 is 5.32 Å². The Labute approximate surface area is 118 Å². The van der Waals surface area contributed by atoms with Crippen molar-refractivity contribution >= 4 is 23.2 Å². The standard InChI is InChI=1S/C14H19Cl2NO/c1-8(10-5-4-9(15)6-11(10)16)17-12-7-13(18)14(12,2)3/h4-6,8,12-13,17-18H,7H2,1-3H3. The number of aliphatic hydroxyl groups excluding tert-OH is 1. The Bertz CT molecular complexity index is 447. The molecule has 4 heteroatoms. The molecule has 2 rings (SSSR count). The van der Waals surface area contributed by atoms with Crippen molar-refractivity contribution in [1.82, 2.24) is 5.32 Å². The predicted octanol–water partition coefficient (Wildman–Crippen LogP) is 3.80. The minimum Gasteiger partial charge on any atom is -0.392 e. The average molecular weight is 288 g/mol. The van der Waals surface area contributed by atoms with Crippen LogP contribution in [0.2, 0.25) is 10.0 Å². The van der Waals surface area contributed by atoms with Gasteiger partial charge in [0, 0.05) is 27.5 Å². The number of rotatable bonds is 3. The maximum atomic E-state index is 9.74. The number of benzene rings is 1. The van der Waals surface area contributed by atoms with Gasteiger partial charge in [-0.1, -0.05) is 43.1 Å². The lowest BCUT2D eigenvalue weighted by molar-refractivity contribution is -0.0754. The van der Waals surface area contributed by atoms with Crippen molar-refractivity contribution in [3.8, 4) is 0 Å². The predicted molar refractivity (Wildman–Crippen MR) is 76.2 cm³/mol. The molecule has 1 aromatic rings. The van der Waals surface area contributed by atoms with Gasteiger partial charge in [0.2, 0.25) is 0 Å². The molecule has 3 unspecified atom stereocenters. The van der Waals surface area contributed by atoms with E-state index in [2.05, 4.69) is 26.1 Å². The van der Waals surface area contributed by atoms with E-state index < -0.39 is 0 Å². The van der Waals surface area contributed by atoms with Crippen molar-refractivity contribution in [3.63, 3.8) is 0 Å². The Morgan fingerprint density at radius 3 is 2.56 bits per heavy atom. The van der Waals surface area contributed by atoms with Gasteiger partial charge in [0.25, 0.3) is 0 Å². The van der Waals surface area contributed by atoms with Crippen LogP contribution in [0.1, 0.15) is 38.8 Å². The molecule has 18 heavy (non-hydrogen) atoms. The lowest BCUT2D eigenvalue weighted by atomic mass is 9.64. The zero-order chi connectivity index (χ0) is 13.5. The molecule has 2 N–H and O–H groups in total. The highest BCUT2D eigenvalue weighted by Crippen LogP contribution is 2.41. The third kappa shape index (κ3) is 2.53.